The van der Waals surface area contributed by atoms with E-state index in [0.717, 1.165) is 4.96 Å². The number of thiazole rings is 1. The van der Waals surface area contributed by atoms with Crippen LogP contribution in [0.3, 0.4) is 0 Å². The van der Waals surface area contributed by atoms with E-state index >= 15 is 0 Å². The van der Waals surface area contributed by atoms with Gasteiger partial charge in [-0.15, -0.1) is 11.3 Å². The number of carbonyl (C=O) groups excluding carboxylic acids is 2. The molecule has 0 fully saturated rings. The molecule has 0 saturated carbocycles. The molecule has 0 saturated heterocycles. The highest BCUT2D eigenvalue weighted by molar-refractivity contribution is 7.15. The van der Waals surface area contributed by atoms with E-state index in [1.54, 1.807) is 27.0 Å². The molecule has 2 heterocycles. The Kier molecular flexibility index (Phi) is 3.71. The van der Waals surface area contributed by atoms with Crippen LogP contribution >= 0.6 is 11.3 Å². The zero-order valence-electron chi connectivity index (χ0n) is 11.2. The van der Waals surface area contributed by atoms with Crippen LogP contribution in [0.15, 0.2) is 17.8 Å². The average Bonchev–Trinajstić information content (AvgIpc) is 2.84. The monoisotopic (exact) mass is 280 g/mol. The first-order chi connectivity index (χ1) is 8.86. The molecule has 0 aliphatic heterocycles. The van der Waals surface area contributed by atoms with Gasteiger partial charge in [-0.25, -0.2) is 4.98 Å². The molecule has 6 heteroatoms. The summed E-state index contributed by atoms with van der Waals surface area (Å²) < 4.78 is 6.83. The molecule has 0 N–H and O–H groups in total. The Morgan fingerprint density at radius 2 is 2.16 bits per heavy atom. The van der Waals surface area contributed by atoms with Crippen LogP contribution in [0.1, 0.15) is 26.5 Å². The maximum Gasteiger partial charge on any atom is 0.312 e. The lowest BCUT2D eigenvalue weighted by molar-refractivity contribution is -0.149. The lowest BCUT2D eigenvalue weighted by atomic mass is 9.91. The first-order valence-electron chi connectivity index (χ1n) is 5.96. The van der Waals surface area contributed by atoms with Crippen molar-refractivity contribution in [2.45, 2.75) is 27.2 Å². The molecule has 0 unspecified atom stereocenters. The highest BCUT2D eigenvalue weighted by Crippen LogP contribution is 2.15. The van der Waals surface area contributed by atoms with Gasteiger partial charge in [0.2, 0.25) is 0 Å². The van der Waals surface area contributed by atoms with E-state index in [2.05, 4.69) is 4.98 Å². The van der Waals surface area contributed by atoms with Crippen molar-refractivity contribution in [3.63, 3.8) is 0 Å². The number of ketones is 1. The van der Waals surface area contributed by atoms with Crippen molar-refractivity contribution in [3.05, 3.63) is 23.5 Å². The summed E-state index contributed by atoms with van der Waals surface area (Å²) in [7, 11) is 0. The standard InChI is InChI=1S/C13H16N2O3S/c1-13(2,3)10(16)8-18-11(17)6-9-7-15-4-5-19-12(15)14-9/h4-5,7H,6,8H2,1-3H3. The number of esters is 1. The topological polar surface area (TPSA) is 60.7 Å². The SMILES string of the molecule is CC(C)(C)C(=O)COC(=O)Cc1cn2ccsc2n1. The predicted molar refractivity (Wildman–Crippen MR) is 72.2 cm³/mol. The van der Waals surface area contributed by atoms with Crippen molar-refractivity contribution in [1.29, 1.82) is 0 Å². The van der Waals surface area contributed by atoms with Gasteiger partial charge in [-0.1, -0.05) is 20.8 Å². The Labute approximate surface area is 115 Å². The molecular weight excluding hydrogens is 264 g/mol. The number of rotatable bonds is 4. The Morgan fingerprint density at radius 1 is 1.42 bits per heavy atom. The third-order valence-electron chi connectivity index (χ3n) is 2.67. The number of aromatic nitrogens is 2. The van der Waals surface area contributed by atoms with Gasteiger partial charge in [-0.3, -0.25) is 14.0 Å². The number of fused-ring (bicyclic) bond motifs is 1. The summed E-state index contributed by atoms with van der Waals surface area (Å²) in [5, 5.41) is 1.92. The Bertz CT molecular complexity index is 578. The summed E-state index contributed by atoms with van der Waals surface area (Å²) in [6.07, 6.45) is 3.76. The van der Waals surface area contributed by atoms with Crippen molar-refractivity contribution in [3.8, 4) is 0 Å². The number of nitrogens with zero attached hydrogens (tertiary/aromatic N) is 2. The highest BCUT2D eigenvalue weighted by Gasteiger charge is 2.22. The van der Waals surface area contributed by atoms with Crippen LogP contribution in [0.4, 0.5) is 0 Å². The lowest BCUT2D eigenvalue weighted by Gasteiger charge is -2.15. The van der Waals surface area contributed by atoms with Crippen LogP contribution in [0.25, 0.3) is 4.96 Å². The molecule has 0 aromatic carbocycles. The predicted octanol–water partition coefficient (Wildman–Crippen LogP) is 2.10. The zero-order valence-corrected chi connectivity index (χ0v) is 12.0. The van der Waals surface area contributed by atoms with Crippen molar-refractivity contribution in [2.75, 3.05) is 6.61 Å². The lowest BCUT2D eigenvalue weighted by Crippen LogP contribution is -2.26. The first kappa shape index (κ1) is 13.7. The normalized spacial score (nSPS) is 11.7. The molecule has 0 atom stereocenters. The summed E-state index contributed by atoms with van der Waals surface area (Å²) in [6.45, 7) is 5.22. The summed E-state index contributed by atoms with van der Waals surface area (Å²) in [5.41, 5.74) is 0.164. The second kappa shape index (κ2) is 5.13. The van der Waals surface area contributed by atoms with Crippen LogP contribution < -0.4 is 0 Å². The van der Waals surface area contributed by atoms with Crippen molar-refractivity contribution < 1.29 is 14.3 Å². The van der Waals surface area contributed by atoms with Gasteiger partial charge in [0.25, 0.3) is 0 Å². The van der Waals surface area contributed by atoms with Gasteiger partial charge in [0.15, 0.2) is 17.4 Å². The van der Waals surface area contributed by atoms with E-state index < -0.39 is 11.4 Å². The molecular formula is C13H16N2O3S. The molecule has 102 valence electrons. The smallest absolute Gasteiger partial charge is 0.312 e. The molecule has 0 spiro atoms. The molecule has 0 bridgehead atoms. The minimum absolute atomic E-state index is 0.0891. The zero-order chi connectivity index (χ0) is 14.0. The number of hydrogen-bond donors (Lipinski definition) is 0. The van der Waals surface area contributed by atoms with E-state index in [4.69, 9.17) is 4.74 Å². The van der Waals surface area contributed by atoms with Gasteiger partial charge in [0, 0.05) is 23.2 Å². The minimum atomic E-state index is -0.489. The summed E-state index contributed by atoms with van der Waals surface area (Å²) in [4.78, 5) is 28.4. The van der Waals surface area contributed by atoms with Gasteiger partial charge >= 0.3 is 5.97 Å². The Hall–Kier alpha value is -1.69. The summed E-state index contributed by atoms with van der Waals surface area (Å²) >= 11 is 1.50. The number of hydrogen-bond acceptors (Lipinski definition) is 5. The van der Waals surface area contributed by atoms with Gasteiger partial charge in [-0.05, 0) is 0 Å². The number of imidazole rings is 1. The van der Waals surface area contributed by atoms with Crippen molar-refractivity contribution >= 4 is 28.1 Å². The number of Topliss-reactive ketones (excluding diaryl/α,β-unsaturated/α-hetero) is 1. The molecule has 0 aliphatic rings. The molecule has 0 amide bonds. The van der Waals surface area contributed by atoms with Gasteiger partial charge in [0.05, 0.1) is 12.1 Å². The quantitative estimate of drug-likeness (QED) is 0.805. The summed E-state index contributed by atoms with van der Waals surface area (Å²) in [5.74, 6) is -0.518. The number of carbonyl (C=O) groups is 2. The average molecular weight is 280 g/mol. The molecule has 2 aromatic rings. The molecule has 0 radical (unpaired) electrons. The van der Waals surface area contributed by atoms with E-state index in [1.807, 2.05) is 16.0 Å². The Morgan fingerprint density at radius 3 is 2.79 bits per heavy atom. The van der Waals surface area contributed by atoms with Crippen LogP contribution in [0.5, 0.6) is 0 Å². The molecule has 2 aromatic heterocycles. The first-order valence-corrected chi connectivity index (χ1v) is 6.84. The molecule has 5 nitrogen and oxygen atoms in total. The molecule has 0 aliphatic carbocycles. The molecule has 2 rings (SSSR count). The Balaban J connectivity index is 1.88. The molecule has 19 heavy (non-hydrogen) atoms. The third-order valence-corrected chi connectivity index (χ3v) is 3.44. The van der Waals surface area contributed by atoms with E-state index in [9.17, 15) is 9.59 Å². The highest BCUT2D eigenvalue weighted by atomic mass is 32.1. The van der Waals surface area contributed by atoms with Crippen molar-refractivity contribution in [1.82, 2.24) is 9.38 Å². The fourth-order valence-electron chi connectivity index (χ4n) is 1.42. The largest absolute Gasteiger partial charge is 0.457 e. The number of ether oxygens (including phenoxy) is 1. The van der Waals surface area contributed by atoms with E-state index in [-0.39, 0.29) is 18.8 Å². The fourth-order valence-corrected chi connectivity index (χ4v) is 2.14. The second-order valence-corrected chi connectivity index (χ2v) is 6.21. The third kappa shape index (κ3) is 3.41. The van der Waals surface area contributed by atoms with Crippen LogP contribution in [0, 0.1) is 5.41 Å². The maximum atomic E-state index is 11.6. The van der Waals surface area contributed by atoms with Crippen LogP contribution in [-0.2, 0) is 20.7 Å². The second-order valence-electron chi connectivity index (χ2n) is 5.34. The maximum absolute atomic E-state index is 11.6. The van der Waals surface area contributed by atoms with Crippen molar-refractivity contribution in [2.24, 2.45) is 5.41 Å². The fraction of sp³-hybridized carbons (Fsp3) is 0.462. The van der Waals surface area contributed by atoms with Gasteiger partial charge in [-0.2, -0.15) is 0 Å². The summed E-state index contributed by atoms with van der Waals surface area (Å²) in [6, 6.07) is 0. The van der Waals surface area contributed by atoms with Crippen LogP contribution in [-0.4, -0.2) is 27.7 Å². The van der Waals surface area contributed by atoms with E-state index in [0.29, 0.717) is 5.69 Å². The van der Waals surface area contributed by atoms with Crippen LogP contribution in [0.2, 0.25) is 0 Å². The van der Waals surface area contributed by atoms with E-state index in [1.165, 1.54) is 11.3 Å². The minimum Gasteiger partial charge on any atom is -0.457 e. The van der Waals surface area contributed by atoms with Gasteiger partial charge < -0.3 is 4.74 Å². The van der Waals surface area contributed by atoms with Gasteiger partial charge in [0.1, 0.15) is 0 Å².